The Hall–Kier alpha value is -2.37. The second-order valence-corrected chi connectivity index (χ2v) is 8.12. The van der Waals surface area contributed by atoms with Gasteiger partial charge in [-0.2, -0.15) is 0 Å². The summed E-state index contributed by atoms with van der Waals surface area (Å²) < 4.78 is 0. The van der Waals surface area contributed by atoms with E-state index in [1.54, 1.807) is 0 Å². The lowest BCUT2D eigenvalue weighted by Gasteiger charge is -2.36. The van der Waals surface area contributed by atoms with Gasteiger partial charge < -0.3 is 9.80 Å². The van der Waals surface area contributed by atoms with E-state index in [0.29, 0.717) is 12.1 Å². The number of para-hydroxylation sites is 1. The van der Waals surface area contributed by atoms with Crippen molar-refractivity contribution in [1.29, 1.82) is 0 Å². The summed E-state index contributed by atoms with van der Waals surface area (Å²) in [5, 5.41) is 0.737. The topological polar surface area (TPSA) is 45.1 Å². The van der Waals surface area contributed by atoms with Crippen LogP contribution in [0.1, 0.15) is 17.5 Å². The van der Waals surface area contributed by atoms with Crippen LogP contribution in [0.2, 0.25) is 5.02 Å². The molecule has 2 aromatic rings. The molecule has 0 spiro atoms. The third-order valence-corrected chi connectivity index (χ3v) is 6.15. The van der Waals surface area contributed by atoms with Crippen LogP contribution in [-0.2, 0) is 9.59 Å². The van der Waals surface area contributed by atoms with Crippen LogP contribution in [0, 0.1) is 13.8 Å². The molecule has 0 bridgehead atoms. The van der Waals surface area contributed by atoms with Crippen molar-refractivity contribution >= 4 is 34.8 Å². The van der Waals surface area contributed by atoms with Crippen molar-refractivity contribution in [2.75, 3.05) is 36.0 Å². The number of nitrogens with zero attached hydrogens (tertiary/aromatic N) is 2. The largest absolute Gasteiger partial charge is 0.360 e. The minimum Gasteiger partial charge on any atom is -0.360 e. The van der Waals surface area contributed by atoms with E-state index in [2.05, 4.69) is 11.8 Å². The Morgan fingerprint density at radius 1 is 0.964 bits per heavy atom. The predicted octanol–water partition coefficient (Wildman–Crippen LogP) is 1.99. The van der Waals surface area contributed by atoms with Crippen molar-refractivity contribution in [2.24, 2.45) is 0 Å². The maximum atomic E-state index is 13.1. The maximum Gasteiger partial charge on any atom is 0.292 e. The lowest BCUT2D eigenvalue weighted by Crippen LogP contribution is -3.19. The van der Waals surface area contributed by atoms with Gasteiger partial charge in [0.15, 0.2) is 6.04 Å². The van der Waals surface area contributed by atoms with Gasteiger partial charge in [-0.15, -0.1) is 0 Å². The van der Waals surface area contributed by atoms with Gasteiger partial charge >= 0.3 is 0 Å². The molecule has 2 aliphatic heterocycles. The molecule has 2 saturated heterocycles. The molecular weight excluding hydrogens is 374 g/mol. The van der Waals surface area contributed by atoms with Crippen LogP contribution in [-0.4, -0.2) is 44.0 Å². The number of halogens is 1. The normalized spacial score (nSPS) is 20.9. The standard InChI is InChI=1S/C22H24ClN3O2/c1-15-5-3-4-6-18(15)26-21(27)14-20(22(26)28)25-11-9-24(10-12-25)19-13-17(23)8-7-16(19)2/h3-8,13,20H,9-12,14H2,1-2H3/p+1/t20-/m1/s1. The highest BCUT2D eigenvalue weighted by Crippen LogP contribution is 2.26. The lowest BCUT2D eigenvalue weighted by atomic mass is 10.1. The monoisotopic (exact) mass is 398 g/mol. The van der Waals surface area contributed by atoms with Crippen molar-refractivity contribution in [3.63, 3.8) is 0 Å². The number of hydrogen-bond acceptors (Lipinski definition) is 3. The molecule has 0 aliphatic carbocycles. The number of piperazine rings is 1. The molecule has 0 unspecified atom stereocenters. The van der Waals surface area contributed by atoms with Crippen molar-refractivity contribution in [2.45, 2.75) is 26.3 Å². The molecule has 5 nitrogen and oxygen atoms in total. The number of carbonyl (C=O) groups excluding carboxylic acids is 2. The summed E-state index contributed by atoms with van der Waals surface area (Å²) in [6.45, 7) is 7.37. The van der Waals surface area contributed by atoms with E-state index in [0.717, 1.165) is 42.5 Å². The van der Waals surface area contributed by atoms with Gasteiger partial charge in [0.25, 0.3) is 5.91 Å². The smallest absolute Gasteiger partial charge is 0.292 e. The fraction of sp³-hybridized carbons (Fsp3) is 0.364. The molecule has 2 aliphatic rings. The molecule has 4 rings (SSSR count). The van der Waals surface area contributed by atoms with Crippen LogP contribution in [0.5, 0.6) is 0 Å². The van der Waals surface area contributed by atoms with E-state index in [-0.39, 0.29) is 17.9 Å². The molecular formula is C22H25ClN3O2+. The number of carbonyl (C=O) groups is 2. The first kappa shape index (κ1) is 19.0. The molecule has 0 saturated carbocycles. The van der Waals surface area contributed by atoms with Gasteiger partial charge in [-0.25, -0.2) is 4.90 Å². The van der Waals surface area contributed by atoms with E-state index in [1.165, 1.54) is 15.4 Å². The number of rotatable bonds is 3. The average Bonchev–Trinajstić information content (AvgIpc) is 2.99. The minimum absolute atomic E-state index is 0.0679. The SMILES string of the molecule is Cc1ccc(Cl)cc1N1CC[NH+]([C@@H]2CC(=O)N(c3ccccc3C)C2=O)CC1. The summed E-state index contributed by atoms with van der Waals surface area (Å²) in [4.78, 5) is 30.6. The molecule has 2 fully saturated rings. The van der Waals surface area contributed by atoms with Crippen LogP contribution in [0.4, 0.5) is 11.4 Å². The number of nitrogens with one attached hydrogen (secondary N) is 1. The second kappa shape index (κ2) is 7.57. The number of quaternary nitrogens is 1. The lowest BCUT2D eigenvalue weighted by molar-refractivity contribution is -0.915. The van der Waals surface area contributed by atoms with Crippen LogP contribution in [0.25, 0.3) is 0 Å². The number of imide groups is 1. The Balaban J connectivity index is 1.47. The highest BCUT2D eigenvalue weighted by Gasteiger charge is 2.46. The molecule has 28 heavy (non-hydrogen) atoms. The van der Waals surface area contributed by atoms with Gasteiger partial charge in [0.2, 0.25) is 5.91 Å². The van der Waals surface area contributed by atoms with Gasteiger partial charge in [0.1, 0.15) is 0 Å². The molecule has 0 aromatic heterocycles. The molecule has 6 heteroatoms. The van der Waals surface area contributed by atoms with E-state index >= 15 is 0 Å². The van der Waals surface area contributed by atoms with Crippen molar-refractivity contribution in [3.8, 4) is 0 Å². The summed E-state index contributed by atoms with van der Waals surface area (Å²) in [5.41, 5.74) is 4.02. The van der Waals surface area contributed by atoms with E-state index in [1.807, 2.05) is 49.4 Å². The third-order valence-electron chi connectivity index (χ3n) is 5.91. The van der Waals surface area contributed by atoms with Gasteiger partial charge in [-0.3, -0.25) is 9.59 Å². The summed E-state index contributed by atoms with van der Waals surface area (Å²) >= 11 is 6.17. The quantitative estimate of drug-likeness (QED) is 0.804. The van der Waals surface area contributed by atoms with Crippen molar-refractivity contribution < 1.29 is 14.5 Å². The molecule has 2 heterocycles. The molecule has 1 N–H and O–H groups in total. The Bertz CT molecular complexity index is 922. The highest BCUT2D eigenvalue weighted by molar-refractivity contribution is 6.30. The summed E-state index contributed by atoms with van der Waals surface area (Å²) in [5.74, 6) is -0.161. The Morgan fingerprint density at radius 3 is 2.36 bits per heavy atom. The Labute approximate surface area is 170 Å². The number of amides is 2. The fourth-order valence-corrected chi connectivity index (χ4v) is 4.49. The van der Waals surface area contributed by atoms with Crippen molar-refractivity contribution in [3.05, 3.63) is 58.6 Å². The zero-order valence-electron chi connectivity index (χ0n) is 16.2. The van der Waals surface area contributed by atoms with Crippen LogP contribution in [0.3, 0.4) is 0 Å². The van der Waals surface area contributed by atoms with Gasteiger partial charge in [0.05, 0.1) is 38.3 Å². The molecule has 146 valence electrons. The average molecular weight is 399 g/mol. The zero-order valence-corrected chi connectivity index (χ0v) is 17.0. The molecule has 2 amide bonds. The van der Waals surface area contributed by atoms with Gasteiger partial charge in [-0.1, -0.05) is 35.9 Å². The van der Waals surface area contributed by atoms with E-state index in [9.17, 15) is 9.59 Å². The first-order chi connectivity index (χ1) is 13.5. The van der Waals surface area contributed by atoms with Gasteiger partial charge in [-0.05, 0) is 43.2 Å². The summed E-state index contributed by atoms with van der Waals surface area (Å²) in [6.07, 6.45) is 0.290. The van der Waals surface area contributed by atoms with Gasteiger partial charge in [0, 0.05) is 10.7 Å². The first-order valence-electron chi connectivity index (χ1n) is 9.74. The van der Waals surface area contributed by atoms with Crippen LogP contribution >= 0.6 is 11.6 Å². The second-order valence-electron chi connectivity index (χ2n) is 7.69. The third kappa shape index (κ3) is 3.40. The molecule has 1 atom stereocenters. The first-order valence-corrected chi connectivity index (χ1v) is 10.1. The number of hydrogen-bond donors (Lipinski definition) is 1. The Kier molecular flexibility index (Phi) is 5.13. The summed E-state index contributed by atoms with van der Waals surface area (Å²) in [6, 6.07) is 13.2. The highest BCUT2D eigenvalue weighted by atomic mass is 35.5. The number of benzene rings is 2. The predicted molar refractivity (Wildman–Crippen MR) is 111 cm³/mol. The number of aryl methyl sites for hydroxylation is 2. The minimum atomic E-state index is -0.283. The van der Waals surface area contributed by atoms with Crippen LogP contribution < -0.4 is 14.7 Å². The van der Waals surface area contributed by atoms with E-state index < -0.39 is 0 Å². The zero-order chi connectivity index (χ0) is 19.8. The molecule has 0 radical (unpaired) electrons. The Morgan fingerprint density at radius 2 is 1.64 bits per heavy atom. The maximum absolute atomic E-state index is 13.1. The van der Waals surface area contributed by atoms with E-state index in [4.69, 9.17) is 11.6 Å². The molecule has 2 aromatic carbocycles. The van der Waals surface area contributed by atoms with Crippen molar-refractivity contribution in [1.82, 2.24) is 0 Å². The van der Waals surface area contributed by atoms with Crippen LogP contribution in [0.15, 0.2) is 42.5 Å². The number of anilines is 2. The fourth-order valence-electron chi connectivity index (χ4n) is 4.32. The summed E-state index contributed by atoms with van der Waals surface area (Å²) in [7, 11) is 0.